The molecule has 1 aliphatic heterocycles. The van der Waals surface area contributed by atoms with Crippen molar-refractivity contribution >= 4 is 28.9 Å². The van der Waals surface area contributed by atoms with Crippen LogP contribution in [0.1, 0.15) is 19.4 Å². The highest BCUT2D eigenvalue weighted by Crippen LogP contribution is 2.34. The van der Waals surface area contributed by atoms with Gasteiger partial charge in [0.2, 0.25) is 0 Å². The van der Waals surface area contributed by atoms with E-state index in [9.17, 15) is 0 Å². The lowest BCUT2D eigenvalue weighted by molar-refractivity contribution is 0.390. The summed E-state index contributed by atoms with van der Waals surface area (Å²) in [4.78, 5) is 2.38. The molecule has 0 bridgehead atoms. The number of aryl methyl sites for hydroxylation is 1. The topological polar surface area (TPSA) is 15.3 Å². The Kier molecular flexibility index (Phi) is 4.41. The van der Waals surface area contributed by atoms with E-state index in [1.807, 2.05) is 19.1 Å². The first-order chi connectivity index (χ1) is 8.50. The lowest BCUT2D eigenvalue weighted by atomic mass is 9.99. The molecule has 1 N–H and O–H groups in total. The van der Waals surface area contributed by atoms with Crippen molar-refractivity contribution in [3.05, 3.63) is 27.7 Å². The summed E-state index contributed by atoms with van der Waals surface area (Å²) in [6.07, 6.45) is 0. The molecule has 0 radical (unpaired) electrons. The fraction of sp³-hybridized carbons (Fsp3) is 0.571. The van der Waals surface area contributed by atoms with Crippen molar-refractivity contribution < 1.29 is 0 Å². The number of nitrogens with one attached hydrogen (secondary N) is 1. The molecule has 0 spiro atoms. The van der Waals surface area contributed by atoms with Gasteiger partial charge in [-0.1, -0.05) is 37.0 Å². The molecule has 0 saturated carbocycles. The molecule has 1 heterocycles. The zero-order valence-electron chi connectivity index (χ0n) is 11.1. The molecule has 1 atom stereocenters. The highest BCUT2D eigenvalue weighted by Gasteiger charge is 2.26. The Morgan fingerprint density at radius 1 is 1.28 bits per heavy atom. The van der Waals surface area contributed by atoms with Crippen molar-refractivity contribution in [1.82, 2.24) is 5.32 Å². The van der Waals surface area contributed by atoms with Gasteiger partial charge >= 0.3 is 0 Å². The molecule has 2 nitrogen and oxygen atoms in total. The smallest absolute Gasteiger partial charge is 0.0643 e. The van der Waals surface area contributed by atoms with Crippen LogP contribution in [0.2, 0.25) is 10.0 Å². The minimum absolute atomic E-state index is 0.468. The molecule has 0 aromatic heterocycles. The molecule has 100 valence electrons. The first-order valence-electron chi connectivity index (χ1n) is 6.43. The molecule has 0 amide bonds. The normalized spacial score (nSPS) is 20.6. The number of halogens is 2. The zero-order chi connectivity index (χ0) is 13.3. The highest BCUT2D eigenvalue weighted by molar-refractivity contribution is 6.35. The Labute approximate surface area is 119 Å². The van der Waals surface area contributed by atoms with Crippen LogP contribution in [0.15, 0.2) is 12.1 Å². The maximum absolute atomic E-state index is 6.38. The summed E-state index contributed by atoms with van der Waals surface area (Å²) < 4.78 is 0. The third-order valence-electron chi connectivity index (χ3n) is 3.59. The molecule has 18 heavy (non-hydrogen) atoms. The summed E-state index contributed by atoms with van der Waals surface area (Å²) in [6.45, 7) is 9.44. The fourth-order valence-corrected chi connectivity index (χ4v) is 2.96. The second-order valence-electron chi connectivity index (χ2n) is 5.26. The predicted octanol–water partition coefficient (Wildman–Crippen LogP) is 3.74. The number of hydrogen-bond donors (Lipinski definition) is 1. The third-order valence-corrected chi connectivity index (χ3v) is 4.30. The van der Waals surface area contributed by atoms with Gasteiger partial charge in [-0.3, -0.25) is 0 Å². The summed E-state index contributed by atoms with van der Waals surface area (Å²) >= 11 is 12.6. The largest absolute Gasteiger partial charge is 0.364 e. The summed E-state index contributed by atoms with van der Waals surface area (Å²) in [7, 11) is 0. The summed E-state index contributed by atoms with van der Waals surface area (Å²) in [5.74, 6) is 0.578. The number of piperazine rings is 1. The van der Waals surface area contributed by atoms with Crippen LogP contribution in [0, 0.1) is 12.8 Å². The molecule has 1 aromatic rings. The van der Waals surface area contributed by atoms with E-state index in [1.165, 1.54) is 0 Å². The maximum Gasteiger partial charge on any atom is 0.0643 e. The molecule has 1 unspecified atom stereocenters. The predicted molar refractivity (Wildman–Crippen MR) is 80.0 cm³/mol. The summed E-state index contributed by atoms with van der Waals surface area (Å²) in [6, 6.07) is 4.42. The summed E-state index contributed by atoms with van der Waals surface area (Å²) in [5.41, 5.74) is 2.09. The molecule has 0 aliphatic carbocycles. The maximum atomic E-state index is 6.38. The van der Waals surface area contributed by atoms with Gasteiger partial charge in [-0.05, 0) is 30.5 Å². The quantitative estimate of drug-likeness (QED) is 0.891. The van der Waals surface area contributed by atoms with Crippen molar-refractivity contribution in [3.8, 4) is 0 Å². The van der Waals surface area contributed by atoms with Crippen LogP contribution in [0.4, 0.5) is 5.69 Å². The van der Waals surface area contributed by atoms with Gasteiger partial charge in [-0.2, -0.15) is 0 Å². The molecule has 1 aliphatic rings. The molecular formula is C14H20Cl2N2. The Balaban J connectivity index is 2.36. The highest BCUT2D eigenvalue weighted by atomic mass is 35.5. The average molecular weight is 287 g/mol. The molecule has 4 heteroatoms. The van der Waals surface area contributed by atoms with Crippen LogP contribution in [0.3, 0.4) is 0 Å². The third kappa shape index (κ3) is 2.76. The van der Waals surface area contributed by atoms with Crippen LogP contribution in [0.25, 0.3) is 0 Å². The number of nitrogens with zero attached hydrogens (tertiary/aromatic N) is 1. The van der Waals surface area contributed by atoms with E-state index < -0.39 is 0 Å². The van der Waals surface area contributed by atoms with Crippen LogP contribution >= 0.6 is 23.2 Å². The Bertz CT molecular complexity index is 432. The first kappa shape index (κ1) is 14.0. The number of benzene rings is 1. The van der Waals surface area contributed by atoms with Crippen molar-refractivity contribution in [1.29, 1.82) is 0 Å². The monoisotopic (exact) mass is 286 g/mol. The van der Waals surface area contributed by atoms with Crippen LogP contribution in [0.5, 0.6) is 0 Å². The number of hydrogen-bond acceptors (Lipinski definition) is 2. The van der Waals surface area contributed by atoms with Crippen LogP contribution in [-0.2, 0) is 0 Å². The molecule has 1 aromatic carbocycles. The lowest BCUT2D eigenvalue weighted by Crippen LogP contribution is -2.53. The molecule has 2 rings (SSSR count). The fourth-order valence-electron chi connectivity index (χ4n) is 2.48. The molecular weight excluding hydrogens is 267 g/mol. The van der Waals surface area contributed by atoms with E-state index >= 15 is 0 Å². The van der Waals surface area contributed by atoms with Crippen molar-refractivity contribution in [3.63, 3.8) is 0 Å². The minimum Gasteiger partial charge on any atom is -0.364 e. The van der Waals surface area contributed by atoms with Crippen LogP contribution < -0.4 is 10.2 Å². The van der Waals surface area contributed by atoms with Crippen molar-refractivity contribution in [2.45, 2.75) is 26.8 Å². The lowest BCUT2D eigenvalue weighted by Gasteiger charge is -2.41. The van der Waals surface area contributed by atoms with E-state index in [0.29, 0.717) is 12.0 Å². The SMILES string of the molecule is Cc1cc(Cl)c(N2CCNCC2C(C)C)cc1Cl. The Morgan fingerprint density at radius 2 is 2.00 bits per heavy atom. The minimum atomic E-state index is 0.468. The van der Waals surface area contributed by atoms with Gasteiger partial charge in [-0.15, -0.1) is 0 Å². The molecule has 1 fully saturated rings. The Morgan fingerprint density at radius 3 is 2.67 bits per heavy atom. The van der Waals surface area contributed by atoms with Gasteiger partial charge in [0.05, 0.1) is 10.7 Å². The average Bonchev–Trinajstić information content (AvgIpc) is 2.34. The van der Waals surface area contributed by atoms with Crippen molar-refractivity contribution in [2.24, 2.45) is 5.92 Å². The van der Waals surface area contributed by atoms with E-state index in [0.717, 1.165) is 40.9 Å². The van der Waals surface area contributed by atoms with E-state index in [1.54, 1.807) is 0 Å². The van der Waals surface area contributed by atoms with Crippen LogP contribution in [-0.4, -0.2) is 25.7 Å². The van der Waals surface area contributed by atoms with E-state index in [2.05, 4.69) is 24.1 Å². The summed E-state index contributed by atoms with van der Waals surface area (Å²) in [5, 5.41) is 5.03. The second-order valence-corrected chi connectivity index (χ2v) is 6.08. The zero-order valence-corrected chi connectivity index (χ0v) is 12.6. The van der Waals surface area contributed by atoms with E-state index in [-0.39, 0.29) is 0 Å². The van der Waals surface area contributed by atoms with Gasteiger partial charge in [0.1, 0.15) is 0 Å². The van der Waals surface area contributed by atoms with Crippen molar-refractivity contribution in [2.75, 3.05) is 24.5 Å². The van der Waals surface area contributed by atoms with Gasteiger partial charge in [0, 0.05) is 30.7 Å². The van der Waals surface area contributed by atoms with Gasteiger partial charge in [0.25, 0.3) is 0 Å². The first-order valence-corrected chi connectivity index (χ1v) is 7.19. The second kappa shape index (κ2) is 5.68. The molecule has 1 saturated heterocycles. The number of anilines is 1. The van der Waals surface area contributed by atoms with Gasteiger partial charge < -0.3 is 10.2 Å². The van der Waals surface area contributed by atoms with E-state index in [4.69, 9.17) is 23.2 Å². The van der Waals surface area contributed by atoms with Gasteiger partial charge in [0.15, 0.2) is 0 Å². The van der Waals surface area contributed by atoms with Gasteiger partial charge in [-0.25, -0.2) is 0 Å². The Hall–Kier alpha value is -0.440. The standard InChI is InChI=1S/C14H20Cl2N2/c1-9(2)14-8-17-4-5-18(14)13-7-11(15)10(3)6-12(13)16/h6-7,9,14,17H,4-5,8H2,1-3H3. The number of rotatable bonds is 2.